The first-order valence-corrected chi connectivity index (χ1v) is 8.69. The largest absolute Gasteiger partial charge is 0.431 e. The van der Waals surface area contributed by atoms with Gasteiger partial charge >= 0.3 is 6.61 Å². The number of ether oxygens (including phenoxy) is 1. The van der Waals surface area contributed by atoms with Crippen LogP contribution >= 0.6 is 11.8 Å². The molecule has 8 heteroatoms. The van der Waals surface area contributed by atoms with Gasteiger partial charge < -0.3 is 9.64 Å². The lowest BCUT2D eigenvalue weighted by molar-refractivity contribution is -0.0906. The molecule has 0 fully saturated rings. The Labute approximate surface area is 146 Å². The predicted molar refractivity (Wildman–Crippen MR) is 87.2 cm³/mol. The summed E-state index contributed by atoms with van der Waals surface area (Å²) in [4.78, 5) is 6.30. The first-order chi connectivity index (χ1) is 12.0. The van der Waals surface area contributed by atoms with Crippen molar-refractivity contribution in [2.45, 2.75) is 17.9 Å². The Kier molecular flexibility index (Phi) is 3.76. The van der Waals surface area contributed by atoms with Gasteiger partial charge in [0.15, 0.2) is 11.6 Å². The molecule has 4 nitrogen and oxygen atoms in total. The van der Waals surface area contributed by atoms with Crippen LogP contribution in [-0.4, -0.2) is 29.6 Å². The van der Waals surface area contributed by atoms with Crippen molar-refractivity contribution in [2.24, 2.45) is 4.99 Å². The van der Waals surface area contributed by atoms with Crippen LogP contribution in [0.25, 0.3) is 0 Å². The number of nitrogens with zero attached hydrogens (tertiary/aromatic N) is 3. The number of amidine groups is 1. The summed E-state index contributed by atoms with van der Waals surface area (Å²) in [5.74, 6) is 0.962. The van der Waals surface area contributed by atoms with E-state index >= 15 is 0 Å². The van der Waals surface area contributed by atoms with Crippen LogP contribution in [-0.2, 0) is 16.0 Å². The number of benzene rings is 1. The van der Waals surface area contributed by atoms with Crippen LogP contribution in [0.15, 0.2) is 46.8 Å². The molecule has 0 saturated carbocycles. The van der Waals surface area contributed by atoms with E-state index in [1.807, 2.05) is 12.1 Å². The SMILES string of the molecule is N#CC1=CN2C[C@]3(CSCc4c(F)cccc43)N=C2C(OC(F)F)=C1. The average molecular weight is 363 g/mol. The second-order valence-electron chi connectivity index (χ2n) is 5.94. The number of hydrogen-bond donors (Lipinski definition) is 0. The molecule has 4 rings (SSSR count). The topological polar surface area (TPSA) is 48.6 Å². The number of halogens is 3. The monoisotopic (exact) mass is 363 g/mol. The molecule has 0 bridgehead atoms. The molecule has 3 heterocycles. The van der Waals surface area contributed by atoms with Crippen LogP contribution in [0.4, 0.5) is 13.2 Å². The molecule has 1 spiro atoms. The van der Waals surface area contributed by atoms with E-state index in [2.05, 4.69) is 9.73 Å². The lowest BCUT2D eigenvalue weighted by atomic mass is 9.88. The van der Waals surface area contributed by atoms with E-state index in [9.17, 15) is 13.2 Å². The standard InChI is InChI=1S/C17H12F3N3OS/c18-13-3-1-2-12-11(13)7-25-9-17(12)8-23-6-10(5-21)4-14(15(23)22-17)24-16(19)20/h1-4,6,16H,7-9H2/t17-/m1/s1. The van der Waals surface area contributed by atoms with Crippen molar-refractivity contribution in [1.82, 2.24) is 4.90 Å². The number of nitriles is 1. The van der Waals surface area contributed by atoms with Crippen LogP contribution in [0.5, 0.6) is 0 Å². The molecule has 128 valence electrons. The fourth-order valence-corrected chi connectivity index (χ4v) is 4.63. The van der Waals surface area contributed by atoms with E-state index in [1.165, 1.54) is 12.1 Å². The highest BCUT2D eigenvalue weighted by Gasteiger charge is 2.46. The Bertz CT molecular complexity index is 874. The third kappa shape index (κ3) is 2.59. The van der Waals surface area contributed by atoms with Gasteiger partial charge in [0, 0.05) is 29.3 Å². The molecule has 25 heavy (non-hydrogen) atoms. The van der Waals surface area contributed by atoms with Crippen LogP contribution in [0.1, 0.15) is 11.1 Å². The number of alkyl halides is 2. The van der Waals surface area contributed by atoms with Gasteiger partial charge in [-0.05, 0) is 11.6 Å². The molecular weight excluding hydrogens is 351 g/mol. The number of allylic oxidation sites excluding steroid dienone is 2. The molecule has 0 unspecified atom stereocenters. The van der Waals surface area contributed by atoms with E-state index in [4.69, 9.17) is 5.26 Å². The quantitative estimate of drug-likeness (QED) is 0.807. The van der Waals surface area contributed by atoms with Gasteiger partial charge in [-0.25, -0.2) is 4.39 Å². The summed E-state index contributed by atoms with van der Waals surface area (Å²) >= 11 is 1.55. The van der Waals surface area contributed by atoms with Crippen molar-refractivity contribution in [1.29, 1.82) is 5.26 Å². The van der Waals surface area contributed by atoms with Gasteiger partial charge in [-0.2, -0.15) is 25.8 Å². The van der Waals surface area contributed by atoms with E-state index in [-0.39, 0.29) is 23.0 Å². The van der Waals surface area contributed by atoms with E-state index in [0.29, 0.717) is 23.6 Å². The van der Waals surface area contributed by atoms with Crippen molar-refractivity contribution < 1.29 is 17.9 Å². The summed E-state index contributed by atoms with van der Waals surface area (Å²) in [7, 11) is 0. The third-order valence-corrected chi connectivity index (χ3v) is 5.55. The molecular formula is C17H12F3N3OS. The van der Waals surface area contributed by atoms with Crippen molar-refractivity contribution in [2.75, 3.05) is 12.3 Å². The zero-order valence-corrected chi connectivity index (χ0v) is 13.7. The van der Waals surface area contributed by atoms with Gasteiger partial charge in [-0.1, -0.05) is 12.1 Å². The maximum Gasteiger partial charge on any atom is 0.387 e. The van der Waals surface area contributed by atoms with Crippen LogP contribution in [0, 0.1) is 17.1 Å². The zero-order chi connectivity index (χ0) is 17.6. The molecule has 0 radical (unpaired) electrons. The summed E-state index contributed by atoms with van der Waals surface area (Å²) < 4.78 is 44.2. The third-order valence-electron chi connectivity index (χ3n) is 4.38. The Morgan fingerprint density at radius 2 is 2.24 bits per heavy atom. The first kappa shape index (κ1) is 16.1. The van der Waals surface area contributed by atoms with Gasteiger partial charge in [0.05, 0.1) is 12.1 Å². The highest BCUT2D eigenvalue weighted by atomic mass is 32.2. The minimum absolute atomic E-state index is 0.139. The Balaban J connectivity index is 1.82. The van der Waals surface area contributed by atoms with Crippen LogP contribution in [0.2, 0.25) is 0 Å². The maximum atomic E-state index is 14.2. The highest BCUT2D eigenvalue weighted by Crippen LogP contribution is 2.45. The number of rotatable bonds is 2. The molecule has 3 aliphatic rings. The second-order valence-corrected chi connectivity index (χ2v) is 6.92. The van der Waals surface area contributed by atoms with Crippen molar-refractivity contribution in [3.63, 3.8) is 0 Å². The molecule has 0 amide bonds. The molecule has 1 aromatic rings. The molecule has 0 saturated heterocycles. The zero-order valence-electron chi connectivity index (χ0n) is 12.9. The van der Waals surface area contributed by atoms with Crippen molar-refractivity contribution in [3.8, 4) is 6.07 Å². The maximum absolute atomic E-state index is 14.2. The molecule has 0 N–H and O–H groups in total. The highest BCUT2D eigenvalue weighted by molar-refractivity contribution is 7.98. The average Bonchev–Trinajstić information content (AvgIpc) is 2.94. The number of aliphatic imine (C=N–C) groups is 1. The van der Waals surface area contributed by atoms with Gasteiger partial charge in [-0.15, -0.1) is 0 Å². The molecule has 0 aromatic heterocycles. The van der Waals surface area contributed by atoms with Gasteiger partial charge in [-0.3, -0.25) is 4.99 Å². The normalized spacial score (nSPS) is 24.3. The second kappa shape index (κ2) is 5.85. The fraction of sp³-hybridized carbons (Fsp3) is 0.294. The van der Waals surface area contributed by atoms with E-state index in [0.717, 1.165) is 5.56 Å². The first-order valence-electron chi connectivity index (χ1n) is 7.53. The number of fused-ring (bicyclic) bond motifs is 3. The lowest BCUT2D eigenvalue weighted by Gasteiger charge is -2.33. The van der Waals surface area contributed by atoms with Crippen molar-refractivity contribution >= 4 is 17.6 Å². The summed E-state index contributed by atoms with van der Waals surface area (Å²) in [6.45, 7) is -2.67. The molecule has 3 aliphatic heterocycles. The van der Waals surface area contributed by atoms with Crippen LogP contribution < -0.4 is 0 Å². The molecule has 1 aromatic carbocycles. The van der Waals surface area contributed by atoms with Crippen LogP contribution in [0.3, 0.4) is 0 Å². The minimum atomic E-state index is -3.02. The summed E-state index contributed by atoms with van der Waals surface area (Å²) in [6.07, 6.45) is 2.81. The molecule has 0 aliphatic carbocycles. The molecule has 1 atom stereocenters. The number of thioether (sulfide) groups is 1. The Hall–Kier alpha value is -2.40. The summed E-state index contributed by atoms with van der Waals surface area (Å²) in [5.41, 5.74) is 0.806. The van der Waals surface area contributed by atoms with Crippen molar-refractivity contribution in [3.05, 3.63) is 58.8 Å². The van der Waals surface area contributed by atoms with Gasteiger partial charge in [0.2, 0.25) is 0 Å². The predicted octanol–water partition coefficient (Wildman–Crippen LogP) is 3.53. The smallest absolute Gasteiger partial charge is 0.387 e. The van der Waals surface area contributed by atoms with E-state index in [1.54, 1.807) is 28.9 Å². The summed E-state index contributed by atoms with van der Waals surface area (Å²) in [5, 5.41) is 9.13. The van der Waals surface area contributed by atoms with Gasteiger partial charge in [0.25, 0.3) is 0 Å². The fourth-order valence-electron chi connectivity index (χ4n) is 3.38. The summed E-state index contributed by atoms with van der Waals surface area (Å²) in [6, 6.07) is 6.80. The Morgan fingerprint density at radius 3 is 3.00 bits per heavy atom. The van der Waals surface area contributed by atoms with E-state index < -0.39 is 12.2 Å². The minimum Gasteiger partial charge on any atom is -0.431 e. The van der Waals surface area contributed by atoms with Gasteiger partial charge in [0.1, 0.15) is 17.4 Å². The number of hydrogen-bond acceptors (Lipinski definition) is 5. The lowest BCUT2D eigenvalue weighted by Crippen LogP contribution is -2.37. The Morgan fingerprint density at radius 1 is 1.40 bits per heavy atom.